The molecule has 0 saturated heterocycles. The van der Waals surface area contributed by atoms with Gasteiger partial charge in [-0.25, -0.2) is 0 Å². The number of aliphatic hydroxyl groups is 10. The van der Waals surface area contributed by atoms with E-state index in [0.717, 1.165) is 24.0 Å². The first-order chi connectivity index (χ1) is 24.3. The molecule has 14 heteroatoms. The molecule has 0 saturated carbocycles. The van der Waals surface area contributed by atoms with Gasteiger partial charge in [0, 0.05) is 0 Å². The molecule has 14 nitrogen and oxygen atoms in total. The predicted octanol–water partition coefficient (Wildman–Crippen LogP) is -0.0646. The average molecular weight is 741 g/mol. The van der Waals surface area contributed by atoms with Crippen molar-refractivity contribution in [2.24, 2.45) is 11.8 Å². The van der Waals surface area contributed by atoms with Crippen molar-refractivity contribution in [3.63, 3.8) is 0 Å². The highest BCUT2D eigenvalue weighted by molar-refractivity contribution is 5.78. The summed E-state index contributed by atoms with van der Waals surface area (Å²) >= 11 is 0. The molecule has 0 spiro atoms. The number of rotatable bonds is 20. The van der Waals surface area contributed by atoms with Crippen LogP contribution in [0.5, 0.6) is 0 Å². The molecule has 0 bridgehead atoms. The molecule has 2 rings (SSSR count). The van der Waals surface area contributed by atoms with E-state index in [1.807, 2.05) is 48.5 Å². The first-order valence-corrected chi connectivity index (χ1v) is 17.5. The van der Waals surface area contributed by atoms with Crippen molar-refractivity contribution in [2.45, 2.75) is 115 Å². The third-order valence-corrected chi connectivity index (χ3v) is 8.40. The normalized spacial score (nSPS) is 17.4. The highest BCUT2D eigenvalue weighted by Crippen LogP contribution is 2.21. The van der Waals surface area contributed by atoms with Crippen LogP contribution in [0.3, 0.4) is 0 Å². The summed E-state index contributed by atoms with van der Waals surface area (Å²) in [6.45, 7) is 9.25. The number of esters is 2. The lowest BCUT2D eigenvalue weighted by atomic mass is 9.97. The van der Waals surface area contributed by atoms with Crippen LogP contribution >= 0.6 is 0 Å². The molecule has 0 radical (unpaired) electrons. The summed E-state index contributed by atoms with van der Waals surface area (Å²) in [5.41, 5.74) is 3.90. The molecule has 2 unspecified atom stereocenters. The summed E-state index contributed by atoms with van der Waals surface area (Å²) in [4.78, 5) is 24.3. The molecule has 10 N–H and O–H groups in total. The maximum absolute atomic E-state index is 12.1. The van der Waals surface area contributed by atoms with Gasteiger partial charge in [-0.15, -0.1) is 0 Å². The second-order valence-corrected chi connectivity index (χ2v) is 14.0. The molecular weight excluding hydrogens is 680 g/mol. The van der Waals surface area contributed by atoms with Gasteiger partial charge in [0.15, 0.2) is 0 Å². The maximum atomic E-state index is 12.1. The van der Waals surface area contributed by atoms with Crippen LogP contribution in [-0.4, -0.2) is 138 Å². The molecule has 0 aliphatic carbocycles. The second-order valence-electron chi connectivity index (χ2n) is 14.0. The van der Waals surface area contributed by atoms with Crippen molar-refractivity contribution in [3.8, 4) is 0 Å². The number of carbonyl (C=O) groups is 2. The Kier molecular flexibility index (Phi) is 21.3. The SMILES string of the molecule is CC(C)Cc1ccc(C(C)C(=O)OC[C@@H](O)[C@@H](O)[C@H](O)[C@@H](O)CO)cc1.CC(C)Cc1ccc(C(C)C(=O)OC[C@H](O)[C@@H](O)[C@H](O)[C@H](O)CO)cc1. The van der Waals surface area contributed by atoms with E-state index in [1.54, 1.807) is 13.8 Å². The Morgan fingerprint density at radius 1 is 0.481 bits per heavy atom. The first-order valence-electron chi connectivity index (χ1n) is 17.5. The standard InChI is InChI=1S/2C19H30O7/c2*1-11(2)8-13-4-6-14(7-5-13)12(3)19(25)26-10-16(22)18(24)17(23)15(21)9-20/h2*4-7,11-12,15-18,20-24H,8-10H2,1-3H3/t12?,15-,16+,17+,18+;12?,15-,16+,17-,18-/m01/s1. The van der Waals surface area contributed by atoms with Gasteiger partial charge in [0.1, 0.15) is 62.0 Å². The van der Waals surface area contributed by atoms with Gasteiger partial charge >= 0.3 is 11.9 Å². The number of hydrogen-bond acceptors (Lipinski definition) is 14. The predicted molar refractivity (Wildman–Crippen MR) is 191 cm³/mol. The largest absolute Gasteiger partial charge is 0.462 e. The van der Waals surface area contributed by atoms with E-state index in [-0.39, 0.29) is 0 Å². The molecule has 2 aromatic carbocycles. The number of ether oxygens (including phenoxy) is 2. The molecule has 2 aromatic rings. The van der Waals surface area contributed by atoms with E-state index in [0.29, 0.717) is 11.8 Å². The summed E-state index contributed by atoms with van der Waals surface area (Å²) in [5.74, 6) is -1.19. The monoisotopic (exact) mass is 740 g/mol. The number of carbonyl (C=O) groups excluding carboxylic acids is 2. The minimum Gasteiger partial charge on any atom is -0.462 e. The molecule has 0 aliphatic rings. The number of benzene rings is 2. The van der Waals surface area contributed by atoms with Gasteiger partial charge in [-0.3, -0.25) is 9.59 Å². The van der Waals surface area contributed by atoms with Crippen molar-refractivity contribution in [1.82, 2.24) is 0 Å². The van der Waals surface area contributed by atoms with Crippen LogP contribution in [0.4, 0.5) is 0 Å². The van der Waals surface area contributed by atoms with Crippen LogP contribution in [0.2, 0.25) is 0 Å². The van der Waals surface area contributed by atoms with Gasteiger partial charge in [0.25, 0.3) is 0 Å². The summed E-state index contributed by atoms with van der Waals surface area (Å²) in [6, 6.07) is 15.3. The van der Waals surface area contributed by atoms with Crippen LogP contribution in [0.25, 0.3) is 0 Å². The fourth-order valence-corrected chi connectivity index (χ4v) is 5.01. The lowest BCUT2D eigenvalue weighted by molar-refractivity contribution is -0.158. The van der Waals surface area contributed by atoms with Gasteiger partial charge in [-0.1, -0.05) is 76.2 Å². The summed E-state index contributed by atoms with van der Waals surface area (Å²) in [7, 11) is 0. The van der Waals surface area contributed by atoms with Gasteiger partial charge in [0.05, 0.1) is 25.0 Å². The Labute approximate surface area is 305 Å². The van der Waals surface area contributed by atoms with Crippen molar-refractivity contribution in [1.29, 1.82) is 0 Å². The molecule has 296 valence electrons. The maximum Gasteiger partial charge on any atom is 0.313 e. The van der Waals surface area contributed by atoms with Crippen LogP contribution in [0, 0.1) is 11.8 Å². The summed E-state index contributed by atoms with van der Waals surface area (Å²) in [5, 5.41) is 94.0. The summed E-state index contributed by atoms with van der Waals surface area (Å²) in [6.07, 6.45) is -11.5. The Bertz CT molecular complexity index is 1190. The zero-order chi connectivity index (χ0) is 39.7. The Morgan fingerprint density at radius 2 is 0.750 bits per heavy atom. The molecule has 52 heavy (non-hydrogen) atoms. The van der Waals surface area contributed by atoms with Crippen molar-refractivity contribution in [2.75, 3.05) is 26.4 Å². The van der Waals surface area contributed by atoms with Gasteiger partial charge in [-0.2, -0.15) is 0 Å². The molecule has 0 amide bonds. The molecular formula is C38H60O14. The lowest BCUT2D eigenvalue weighted by Crippen LogP contribution is -2.47. The average Bonchev–Trinajstić information content (AvgIpc) is 3.13. The van der Waals surface area contributed by atoms with Crippen molar-refractivity contribution in [3.05, 3.63) is 70.8 Å². The molecule has 0 aliphatic heterocycles. The summed E-state index contributed by atoms with van der Waals surface area (Å²) < 4.78 is 9.99. The molecule has 0 fully saturated rings. The van der Waals surface area contributed by atoms with Crippen LogP contribution in [-0.2, 0) is 31.9 Å². The first kappa shape index (κ1) is 47.0. The highest BCUT2D eigenvalue weighted by atomic mass is 16.5. The Morgan fingerprint density at radius 3 is 1.00 bits per heavy atom. The van der Waals surface area contributed by atoms with E-state index < -0.39 is 99.0 Å². The van der Waals surface area contributed by atoms with Crippen molar-refractivity contribution < 1.29 is 70.1 Å². The van der Waals surface area contributed by atoms with Gasteiger partial charge < -0.3 is 60.5 Å². The van der Waals surface area contributed by atoms with E-state index in [9.17, 15) is 50.4 Å². The van der Waals surface area contributed by atoms with Crippen LogP contribution in [0.1, 0.15) is 75.6 Å². The molecule has 0 heterocycles. The fourth-order valence-electron chi connectivity index (χ4n) is 5.01. The van der Waals surface area contributed by atoms with Gasteiger partial charge in [-0.05, 0) is 60.8 Å². The lowest BCUT2D eigenvalue weighted by Gasteiger charge is -2.25. The molecule has 0 aromatic heterocycles. The van der Waals surface area contributed by atoms with Crippen molar-refractivity contribution >= 4 is 11.9 Å². The Balaban J connectivity index is 0.000000520. The van der Waals surface area contributed by atoms with E-state index >= 15 is 0 Å². The van der Waals surface area contributed by atoms with E-state index in [2.05, 4.69) is 27.7 Å². The quantitative estimate of drug-likeness (QED) is 0.0799. The second kappa shape index (κ2) is 23.6. The third-order valence-electron chi connectivity index (χ3n) is 8.40. The minimum atomic E-state index is -1.75. The zero-order valence-corrected chi connectivity index (χ0v) is 30.9. The minimum absolute atomic E-state index is 0.537. The topological polar surface area (TPSA) is 255 Å². The van der Waals surface area contributed by atoms with E-state index in [4.69, 9.17) is 19.7 Å². The third kappa shape index (κ3) is 15.9. The number of aliphatic hydroxyl groups excluding tert-OH is 10. The fraction of sp³-hybridized carbons (Fsp3) is 0.632. The number of hydrogen-bond donors (Lipinski definition) is 10. The zero-order valence-electron chi connectivity index (χ0n) is 30.9. The molecule has 10 atom stereocenters. The Hall–Kier alpha value is -3.02. The van der Waals surface area contributed by atoms with Crippen LogP contribution < -0.4 is 0 Å². The smallest absolute Gasteiger partial charge is 0.313 e. The van der Waals surface area contributed by atoms with E-state index in [1.165, 1.54) is 11.1 Å². The van der Waals surface area contributed by atoms with Gasteiger partial charge in [0.2, 0.25) is 0 Å². The van der Waals surface area contributed by atoms with Crippen LogP contribution in [0.15, 0.2) is 48.5 Å². The highest BCUT2D eigenvalue weighted by Gasteiger charge is 2.32.